The van der Waals surface area contributed by atoms with Crippen LogP contribution in [0.4, 0.5) is 0 Å². The van der Waals surface area contributed by atoms with Crippen molar-refractivity contribution in [2.75, 3.05) is 0 Å². The van der Waals surface area contributed by atoms with Crippen molar-refractivity contribution in [2.45, 2.75) is 6.92 Å². The molecule has 0 saturated carbocycles. The molecule has 2 aromatic heterocycles. The molecule has 7 aromatic carbocycles. The van der Waals surface area contributed by atoms with E-state index >= 15 is 0 Å². The van der Waals surface area contributed by atoms with Crippen molar-refractivity contribution in [3.8, 4) is 33.6 Å². The summed E-state index contributed by atoms with van der Waals surface area (Å²) in [6.45, 7) is 6.52. The first kappa shape index (κ1) is 30.4. The van der Waals surface area contributed by atoms with Crippen LogP contribution in [0.3, 0.4) is 0 Å². The summed E-state index contributed by atoms with van der Waals surface area (Å²) in [6.07, 6.45) is 4.32. The van der Waals surface area contributed by atoms with Gasteiger partial charge in [0.25, 0.3) is 0 Å². The topological polar surface area (TPSA) is 9.86 Å². The summed E-state index contributed by atoms with van der Waals surface area (Å²) in [6, 6.07) is 63.1. The fourth-order valence-electron chi connectivity index (χ4n) is 7.60. The van der Waals surface area contributed by atoms with Crippen molar-refractivity contribution in [1.29, 1.82) is 0 Å². The molecule has 0 amide bonds. The molecule has 2 heterocycles. The third-order valence-corrected chi connectivity index (χ3v) is 10.1. The standard InChI is InChI=1S/C49H36N2/c1-3-46-44(42-21-10-12-23-47(42)50(46)40-28-25-37(26-29-40)35-15-6-4-7-16-35)31-34(2)38-27-30-49-45(33-38)43-22-11-13-24-48(43)51(49)41-20-14-19-39(32-41)36-17-8-5-9-18-36/h3-33H,1H2,2H3/b34-31+. The lowest BCUT2D eigenvalue weighted by Gasteiger charge is -2.11. The number of nitrogens with zero attached hydrogens (tertiary/aromatic N) is 2. The predicted octanol–water partition coefficient (Wildman–Crippen LogP) is 13.3. The van der Waals surface area contributed by atoms with Gasteiger partial charge in [-0.1, -0.05) is 134 Å². The van der Waals surface area contributed by atoms with E-state index in [1.54, 1.807) is 0 Å². The van der Waals surface area contributed by atoms with Crippen LogP contribution in [0.25, 0.3) is 84.1 Å². The first-order chi connectivity index (χ1) is 25.2. The van der Waals surface area contributed by atoms with Crippen molar-refractivity contribution in [3.63, 3.8) is 0 Å². The zero-order chi connectivity index (χ0) is 34.3. The van der Waals surface area contributed by atoms with Crippen LogP contribution < -0.4 is 0 Å². The van der Waals surface area contributed by atoms with Crippen molar-refractivity contribution < 1.29 is 0 Å². The van der Waals surface area contributed by atoms with E-state index in [1.807, 2.05) is 6.08 Å². The van der Waals surface area contributed by atoms with Gasteiger partial charge in [0.1, 0.15) is 0 Å². The van der Waals surface area contributed by atoms with Crippen molar-refractivity contribution in [2.24, 2.45) is 0 Å². The minimum Gasteiger partial charge on any atom is -0.309 e. The molecule has 242 valence electrons. The van der Waals surface area contributed by atoms with Crippen molar-refractivity contribution >= 4 is 50.4 Å². The van der Waals surface area contributed by atoms with Gasteiger partial charge in [-0.2, -0.15) is 0 Å². The van der Waals surface area contributed by atoms with E-state index in [-0.39, 0.29) is 0 Å². The number of aromatic nitrogens is 2. The Morgan fingerprint density at radius 3 is 1.73 bits per heavy atom. The molecule has 0 unspecified atom stereocenters. The first-order valence-corrected chi connectivity index (χ1v) is 17.5. The fourth-order valence-corrected chi connectivity index (χ4v) is 7.60. The van der Waals surface area contributed by atoms with E-state index in [9.17, 15) is 0 Å². The molecule has 0 aliphatic heterocycles. The fraction of sp³-hybridized carbons (Fsp3) is 0.0204. The maximum Gasteiger partial charge on any atom is 0.0541 e. The maximum absolute atomic E-state index is 4.30. The van der Waals surface area contributed by atoms with Gasteiger partial charge in [-0.3, -0.25) is 0 Å². The molecule has 2 nitrogen and oxygen atoms in total. The number of para-hydroxylation sites is 2. The normalized spacial score (nSPS) is 11.8. The lowest BCUT2D eigenvalue weighted by Crippen LogP contribution is -1.97. The van der Waals surface area contributed by atoms with Gasteiger partial charge in [0.2, 0.25) is 0 Å². The zero-order valence-corrected chi connectivity index (χ0v) is 28.5. The third-order valence-electron chi connectivity index (χ3n) is 10.1. The average molecular weight is 653 g/mol. The van der Waals surface area contributed by atoms with Gasteiger partial charge in [0.05, 0.1) is 22.2 Å². The maximum atomic E-state index is 4.30. The van der Waals surface area contributed by atoms with Crippen LogP contribution in [-0.2, 0) is 0 Å². The summed E-state index contributed by atoms with van der Waals surface area (Å²) in [7, 11) is 0. The minimum absolute atomic E-state index is 1.08. The van der Waals surface area contributed by atoms with E-state index in [2.05, 4.69) is 205 Å². The molecule has 0 spiro atoms. The highest BCUT2D eigenvalue weighted by atomic mass is 15.0. The lowest BCUT2D eigenvalue weighted by molar-refractivity contribution is 1.11. The molecule has 0 fully saturated rings. The molecule has 9 rings (SSSR count). The summed E-state index contributed by atoms with van der Waals surface area (Å²) in [5, 5.41) is 3.69. The van der Waals surface area contributed by atoms with E-state index in [4.69, 9.17) is 0 Å². The summed E-state index contributed by atoms with van der Waals surface area (Å²) in [4.78, 5) is 0. The molecule has 9 aromatic rings. The lowest BCUT2D eigenvalue weighted by atomic mass is 10.0. The molecular formula is C49H36N2. The average Bonchev–Trinajstić information content (AvgIpc) is 3.70. The molecule has 0 bridgehead atoms. The molecule has 2 heteroatoms. The number of allylic oxidation sites excluding steroid dienone is 1. The second kappa shape index (κ2) is 12.7. The largest absolute Gasteiger partial charge is 0.309 e. The monoisotopic (exact) mass is 652 g/mol. The highest BCUT2D eigenvalue weighted by Crippen LogP contribution is 2.37. The third kappa shape index (κ3) is 5.29. The Morgan fingerprint density at radius 1 is 0.451 bits per heavy atom. The Balaban J connectivity index is 1.15. The van der Waals surface area contributed by atoms with Crippen LogP contribution >= 0.6 is 0 Å². The number of hydrogen-bond donors (Lipinski definition) is 0. The Bertz CT molecular complexity index is 2740. The molecule has 0 saturated heterocycles. The van der Waals surface area contributed by atoms with Gasteiger partial charge in [0.15, 0.2) is 0 Å². The van der Waals surface area contributed by atoms with Gasteiger partial charge >= 0.3 is 0 Å². The molecule has 0 atom stereocenters. The van der Waals surface area contributed by atoms with E-state index < -0.39 is 0 Å². The smallest absolute Gasteiger partial charge is 0.0541 e. The van der Waals surface area contributed by atoms with Crippen LogP contribution in [0.2, 0.25) is 0 Å². The predicted molar refractivity (Wildman–Crippen MR) is 219 cm³/mol. The van der Waals surface area contributed by atoms with Crippen molar-refractivity contribution in [3.05, 3.63) is 199 Å². The minimum atomic E-state index is 1.08. The van der Waals surface area contributed by atoms with Gasteiger partial charge in [-0.25, -0.2) is 0 Å². The van der Waals surface area contributed by atoms with Gasteiger partial charge < -0.3 is 9.13 Å². The number of rotatable bonds is 7. The summed E-state index contributed by atoms with van der Waals surface area (Å²) >= 11 is 0. The molecule has 0 N–H and O–H groups in total. The summed E-state index contributed by atoms with van der Waals surface area (Å²) in [5.41, 5.74) is 15.3. The molecule has 0 aliphatic carbocycles. The number of hydrogen-bond acceptors (Lipinski definition) is 0. The van der Waals surface area contributed by atoms with Crippen LogP contribution in [0.15, 0.2) is 183 Å². The molecular weight excluding hydrogens is 617 g/mol. The number of fused-ring (bicyclic) bond motifs is 4. The number of benzene rings is 7. The summed E-state index contributed by atoms with van der Waals surface area (Å²) < 4.78 is 4.73. The SMILES string of the molecule is C=Cc1c(/C=C(\C)c2ccc3c(c2)c2ccccc2n3-c2cccc(-c3ccccc3)c2)c2ccccc2n1-c1ccc(-c2ccccc2)cc1. The molecule has 51 heavy (non-hydrogen) atoms. The van der Waals surface area contributed by atoms with Gasteiger partial charge in [-0.15, -0.1) is 0 Å². The van der Waals surface area contributed by atoms with Crippen LogP contribution in [0.1, 0.15) is 23.7 Å². The van der Waals surface area contributed by atoms with Crippen molar-refractivity contribution in [1.82, 2.24) is 9.13 Å². The van der Waals surface area contributed by atoms with E-state index in [1.165, 1.54) is 66.1 Å². The second-order valence-electron chi connectivity index (χ2n) is 13.1. The Morgan fingerprint density at radius 2 is 1.02 bits per heavy atom. The van der Waals surface area contributed by atoms with Crippen LogP contribution in [-0.4, -0.2) is 9.13 Å². The van der Waals surface area contributed by atoms with E-state index in [0.29, 0.717) is 0 Å². The Hall–Kier alpha value is -6.64. The van der Waals surface area contributed by atoms with Gasteiger partial charge in [0, 0.05) is 33.1 Å². The van der Waals surface area contributed by atoms with E-state index in [0.717, 1.165) is 22.6 Å². The summed E-state index contributed by atoms with van der Waals surface area (Å²) in [5.74, 6) is 0. The second-order valence-corrected chi connectivity index (χ2v) is 13.1. The Labute approximate surface area is 298 Å². The molecule has 0 aliphatic rings. The molecule has 0 radical (unpaired) electrons. The highest BCUT2D eigenvalue weighted by molar-refractivity contribution is 6.10. The Kier molecular flexibility index (Phi) is 7.56. The van der Waals surface area contributed by atoms with Gasteiger partial charge in [-0.05, 0) is 101 Å². The quantitative estimate of drug-likeness (QED) is 0.162. The van der Waals surface area contributed by atoms with Crippen LogP contribution in [0.5, 0.6) is 0 Å². The highest BCUT2D eigenvalue weighted by Gasteiger charge is 2.17. The zero-order valence-electron chi connectivity index (χ0n) is 28.5. The van der Waals surface area contributed by atoms with Crippen LogP contribution in [0, 0.1) is 0 Å². The first-order valence-electron chi connectivity index (χ1n) is 17.5.